The van der Waals surface area contributed by atoms with Crippen molar-refractivity contribution in [3.05, 3.63) is 58.9 Å². The number of anilines is 1. The third kappa shape index (κ3) is 3.92. The molecule has 0 aromatic heterocycles. The van der Waals surface area contributed by atoms with Crippen molar-refractivity contribution in [2.75, 3.05) is 5.32 Å². The fourth-order valence-corrected chi connectivity index (χ4v) is 3.93. The fourth-order valence-electron chi connectivity index (χ4n) is 2.10. The first-order chi connectivity index (χ1) is 11.3. The Labute approximate surface area is 143 Å². The van der Waals surface area contributed by atoms with Gasteiger partial charge in [-0.15, -0.1) is 0 Å². The predicted molar refractivity (Wildman–Crippen MR) is 89.1 cm³/mol. The van der Waals surface area contributed by atoms with E-state index in [2.05, 4.69) is 10.0 Å². The molecule has 1 aliphatic carbocycles. The monoisotopic (exact) mass is 368 g/mol. The largest absolute Gasteiger partial charge is 0.322 e. The highest BCUT2D eigenvalue weighted by Gasteiger charge is 2.29. The molecular formula is C16H14ClFN2O3S. The fraction of sp³-hybridized carbons (Fsp3) is 0.188. The van der Waals surface area contributed by atoms with Crippen molar-refractivity contribution in [2.24, 2.45) is 0 Å². The number of hydrogen-bond acceptors (Lipinski definition) is 3. The third-order valence-electron chi connectivity index (χ3n) is 3.46. The summed E-state index contributed by atoms with van der Waals surface area (Å²) in [6.45, 7) is 0. The number of amides is 1. The molecule has 2 aromatic carbocycles. The second kappa shape index (κ2) is 6.51. The summed E-state index contributed by atoms with van der Waals surface area (Å²) in [6, 6.07) is 9.31. The van der Waals surface area contributed by atoms with Crippen molar-refractivity contribution < 1.29 is 17.6 Å². The highest BCUT2D eigenvalue weighted by molar-refractivity contribution is 7.89. The maximum atomic E-state index is 13.2. The van der Waals surface area contributed by atoms with Crippen molar-refractivity contribution in [1.82, 2.24) is 4.72 Å². The van der Waals surface area contributed by atoms with Crippen LogP contribution in [0.4, 0.5) is 10.1 Å². The van der Waals surface area contributed by atoms with Gasteiger partial charge in [-0.1, -0.05) is 17.7 Å². The summed E-state index contributed by atoms with van der Waals surface area (Å²) in [5.74, 6) is -1.04. The minimum atomic E-state index is -3.79. The first-order valence-electron chi connectivity index (χ1n) is 7.24. The molecule has 126 valence electrons. The normalized spacial score (nSPS) is 14.4. The highest BCUT2D eigenvalue weighted by Crippen LogP contribution is 2.27. The molecule has 8 heteroatoms. The first-order valence-corrected chi connectivity index (χ1v) is 9.10. The van der Waals surface area contributed by atoms with Crippen LogP contribution in [0.15, 0.2) is 47.4 Å². The number of halogens is 2. The Morgan fingerprint density at radius 3 is 2.58 bits per heavy atom. The molecule has 3 rings (SSSR count). The summed E-state index contributed by atoms with van der Waals surface area (Å²) >= 11 is 5.97. The van der Waals surface area contributed by atoms with Gasteiger partial charge in [0.25, 0.3) is 5.91 Å². The molecule has 0 saturated heterocycles. The molecule has 0 heterocycles. The summed E-state index contributed by atoms with van der Waals surface area (Å²) < 4.78 is 40.3. The Hall–Kier alpha value is -1.96. The summed E-state index contributed by atoms with van der Waals surface area (Å²) in [5.41, 5.74) is 0.385. The summed E-state index contributed by atoms with van der Waals surface area (Å²) in [6.07, 6.45) is 1.58. The Bertz CT molecular complexity index is 898. The van der Waals surface area contributed by atoms with Gasteiger partial charge in [0, 0.05) is 17.3 Å². The van der Waals surface area contributed by atoms with Crippen LogP contribution in [-0.4, -0.2) is 20.4 Å². The van der Waals surface area contributed by atoms with Crippen molar-refractivity contribution >= 4 is 33.2 Å². The van der Waals surface area contributed by atoms with E-state index in [9.17, 15) is 17.6 Å². The number of nitrogens with one attached hydrogen (secondary N) is 2. The maximum Gasteiger partial charge on any atom is 0.255 e. The van der Waals surface area contributed by atoms with Crippen LogP contribution in [0, 0.1) is 5.82 Å². The Balaban J connectivity index is 1.86. The Morgan fingerprint density at radius 2 is 1.92 bits per heavy atom. The lowest BCUT2D eigenvalue weighted by Crippen LogP contribution is -2.26. The summed E-state index contributed by atoms with van der Waals surface area (Å²) in [4.78, 5) is 12.1. The number of carbonyl (C=O) groups is 1. The van der Waals surface area contributed by atoms with Gasteiger partial charge in [-0.3, -0.25) is 4.79 Å². The molecule has 0 unspecified atom stereocenters. The summed E-state index contributed by atoms with van der Waals surface area (Å²) in [5, 5.41) is 2.55. The standard InChI is InChI=1S/C16H14ClFN2O3S/c17-14-7-4-10(8-15(14)24(22,23)20-12-5-6-12)16(21)19-13-3-1-2-11(18)9-13/h1-4,7-9,12,20H,5-6H2,(H,19,21). The zero-order chi connectivity index (χ0) is 17.3. The van der Waals surface area contributed by atoms with Crippen molar-refractivity contribution in [2.45, 2.75) is 23.8 Å². The van der Waals surface area contributed by atoms with Crippen LogP contribution in [-0.2, 0) is 10.0 Å². The van der Waals surface area contributed by atoms with Crippen LogP contribution < -0.4 is 10.0 Å². The van der Waals surface area contributed by atoms with Crippen LogP contribution in [0.3, 0.4) is 0 Å². The molecule has 1 amide bonds. The predicted octanol–water partition coefficient (Wildman–Crippen LogP) is 3.17. The molecule has 1 fully saturated rings. The van der Waals surface area contributed by atoms with Gasteiger partial charge in [0.15, 0.2) is 0 Å². The van der Waals surface area contributed by atoms with Crippen LogP contribution >= 0.6 is 11.6 Å². The molecule has 5 nitrogen and oxygen atoms in total. The van der Waals surface area contributed by atoms with E-state index in [-0.39, 0.29) is 27.2 Å². The lowest BCUT2D eigenvalue weighted by atomic mass is 10.2. The van der Waals surface area contributed by atoms with E-state index in [4.69, 9.17) is 11.6 Å². The topological polar surface area (TPSA) is 75.3 Å². The molecule has 24 heavy (non-hydrogen) atoms. The van der Waals surface area contributed by atoms with Gasteiger partial charge < -0.3 is 5.32 Å². The molecule has 0 aliphatic heterocycles. The number of rotatable bonds is 5. The average molecular weight is 369 g/mol. The second-order valence-corrected chi connectivity index (χ2v) is 7.59. The Kier molecular flexibility index (Phi) is 4.58. The molecule has 1 saturated carbocycles. The SMILES string of the molecule is O=C(Nc1cccc(F)c1)c1ccc(Cl)c(S(=O)(=O)NC2CC2)c1. The van der Waals surface area contributed by atoms with E-state index < -0.39 is 21.7 Å². The molecular weight excluding hydrogens is 355 g/mol. The number of sulfonamides is 1. The zero-order valence-electron chi connectivity index (χ0n) is 12.4. The second-order valence-electron chi connectivity index (χ2n) is 5.51. The third-order valence-corrected chi connectivity index (χ3v) is 5.47. The van der Waals surface area contributed by atoms with Crippen molar-refractivity contribution in [1.29, 1.82) is 0 Å². The first kappa shape index (κ1) is 16.9. The number of carbonyl (C=O) groups excluding carboxylic acids is 1. The van der Waals surface area contributed by atoms with Gasteiger partial charge in [0.1, 0.15) is 10.7 Å². The number of benzene rings is 2. The van der Waals surface area contributed by atoms with E-state index >= 15 is 0 Å². The molecule has 0 atom stereocenters. The minimum absolute atomic E-state index is 0.0328. The van der Waals surface area contributed by atoms with E-state index in [1.807, 2.05) is 0 Å². The van der Waals surface area contributed by atoms with Crippen molar-refractivity contribution in [3.63, 3.8) is 0 Å². The molecule has 2 N–H and O–H groups in total. The molecule has 0 radical (unpaired) electrons. The highest BCUT2D eigenvalue weighted by atomic mass is 35.5. The smallest absolute Gasteiger partial charge is 0.255 e. The van der Waals surface area contributed by atoms with Gasteiger partial charge in [-0.05, 0) is 49.2 Å². The van der Waals surface area contributed by atoms with Crippen LogP contribution in [0.1, 0.15) is 23.2 Å². The molecule has 2 aromatic rings. The number of hydrogen-bond donors (Lipinski definition) is 2. The van der Waals surface area contributed by atoms with Gasteiger partial charge in [-0.2, -0.15) is 0 Å². The maximum absolute atomic E-state index is 13.2. The average Bonchev–Trinajstić information content (AvgIpc) is 3.30. The lowest BCUT2D eigenvalue weighted by Gasteiger charge is -2.10. The van der Waals surface area contributed by atoms with Crippen molar-refractivity contribution in [3.8, 4) is 0 Å². The molecule has 0 spiro atoms. The van der Waals surface area contributed by atoms with E-state index in [0.717, 1.165) is 12.8 Å². The van der Waals surface area contributed by atoms with Gasteiger partial charge >= 0.3 is 0 Å². The van der Waals surface area contributed by atoms with E-state index in [1.54, 1.807) is 0 Å². The minimum Gasteiger partial charge on any atom is -0.322 e. The lowest BCUT2D eigenvalue weighted by molar-refractivity contribution is 0.102. The van der Waals surface area contributed by atoms with Crippen LogP contribution in [0.2, 0.25) is 5.02 Å². The molecule has 1 aliphatic rings. The van der Waals surface area contributed by atoms with Gasteiger partial charge in [-0.25, -0.2) is 17.5 Å². The van der Waals surface area contributed by atoms with Gasteiger partial charge in [0.05, 0.1) is 5.02 Å². The van der Waals surface area contributed by atoms with Gasteiger partial charge in [0.2, 0.25) is 10.0 Å². The van der Waals surface area contributed by atoms with E-state index in [1.165, 1.54) is 42.5 Å². The quantitative estimate of drug-likeness (QED) is 0.851. The Morgan fingerprint density at radius 1 is 1.17 bits per heavy atom. The zero-order valence-corrected chi connectivity index (χ0v) is 14.0. The van der Waals surface area contributed by atoms with Crippen LogP contribution in [0.5, 0.6) is 0 Å². The molecule has 0 bridgehead atoms. The summed E-state index contributed by atoms with van der Waals surface area (Å²) in [7, 11) is -3.79. The van der Waals surface area contributed by atoms with E-state index in [0.29, 0.717) is 0 Å². The van der Waals surface area contributed by atoms with Crippen LogP contribution in [0.25, 0.3) is 0 Å².